The first kappa shape index (κ1) is 12.8. The van der Waals surface area contributed by atoms with Crippen molar-refractivity contribution in [1.29, 1.82) is 0 Å². The summed E-state index contributed by atoms with van der Waals surface area (Å²) in [6, 6.07) is 0. The first-order valence-electron chi connectivity index (χ1n) is 6.36. The highest BCUT2D eigenvalue weighted by Crippen LogP contribution is 2.21. The van der Waals surface area contributed by atoms with Crippen LogP contribution >= 0.6 is 0 Å². The molecule has 0 atom stereocenters. The Balaban J connectivity index is 2.27. The predicted octanol–water partition coefficient (Wildman–Crippen LogP) is 0.799. The fraction of sp³-hybridized carbons (Fsp3) is 0.583. The molecule has 6 nitrogen and oxygen atoms in total. The van der Waals surface area contributed by atoms with Crippen molar-refractivity contribution in [2.45, 2.75) is 13.8 Å². The van der Waals surface area contributed by atoms with Crippen molar-refractivity contribution >= 4 is 16.9 Å². The van der Waals surface area contributed by atoms with Crippen molar-refractivity contribution in [3.8, 4) is 0 Å². The number of hydrogen-bond donors (Lipinski definition) is 1. The van der Waals surface area contributed by atoms with Gasteiger partial charge >= 0.3 is 0 Å². The number of anilines is 1. The molecule has 0 aliphatic carbocycles. The summed E-state index contributed by atoms with van der Waals surface area (Å²) in [4.78, 5) is 10.9. The molecule has 0 unspecified atom stereocenters. The van der Waals surface area contributed by atoms with Crippen LogP contribution in [0.5, 0.6) is 0 Å². The molecule has 2 heterocycles. The van der Waals surface area contributed by atoms with Crippen LogP contribution in [0.25, 0.3) is 11.0 Å². The van der Waals surface area contributed by atoms with Crippen molar-refractivity contribution in [1.82, 2.24) is 25.1 Å². The second-order valence-corrected chi connectivity index (χ2v) is 4.14. The van der Waals surface area contributed by atoms with Crippen molar-refractivity contribution < 1.29 is 0 Å². The third-order valence-electron chi connectivity index (χ3n) is 3.00. The van der Waals surface area contributed by atoms with Gasteiger partial charge in [0.05, 0.1) is 11.6 Å². The Kier molecular flexibility index (Phi) is 4.09. The van der Waals surface area contributed by atoms with Crippen molar-refractivity contribution in [2.24, 2.45) is 7.05 Å². The summed E-state index contributed by atoms with van der Waals surface area (Å²) < 4.78 is 1.78. The van der Waals surface area contributed by atoms with Gasteiger partial charge in [-0.1, -0.05) is 6.92 Å². The number of hydrogen-bond acceptors (Lipinski definition) is 5. The number of aromatic nitrogens is 4. The van der Waals surface area contributed by atoms with E-state index in [1.165, 1.54) is 0 Å². The van der Waals surface area contributed by atoms with E-state index in [2.05, 4.69) is 39.1 Å². The van der Waals surface area contributed by atoms with Gasteiger partial charge in [-0.25, -0.2) is 9.97 Å². The van der Waals surface area contributed by atoms with Crippen LogP contribution in [0, 0.1) is 0 Å². The van der Waals surface area contributed by atoms with Crippen LogP contribution in [0.2, 0.25) is 0 Å². The van der Waals surface area contributed by atoms with Crippen molar-refractivity contribution in [3.05, 3.63) is 12.5 Å². The second kappa shape index (κ2) is 5.77. The Morgan fingerprint density at radius 2 is 2.17 bits per heavy atom. The third kappa shape index (κ3) is 2.43. The number of aryl methyl sites for hydroxylation is 1. The number of rotatable bonds is 6. The number of nitrogens with zero attached hydrogens (tertiary/aromatic N) is 5. The molecule has 0 spiro atoms. The molecule has 0 aliphatic heterocycles. The molecule has 6 heteroatoms. The molecule has 98 valence electrons. The molecule has 0 aliphatic rings. The fourth-order valence-corrected chi connectivity index (χ4v) is 2.01. The van der Waals surface area contributed by atoms with Gasteiger partial charge in [0.1, 0.15) is 12.1 Å². The fourth-order valence-electron chi connectivity index (χ4n) is 2.01. The lowest BCUT2D eigenvalue weighted by Crippen LogP contribution is -2.32. The summed E-state index contributed by atoms with van der Waals surface area (Å²) in [5.41, 5.74) is 0.877. The monoisotopic (exact) mass is 248 g/mol. The average Bonchev–Trinajstić information content (AvgIpc) is 2.77. The Hall–Kier alpha value is -1.69. The summed E-state index contributed by atoms with van der Waals surface area (Å²) in [6.07, 6.45) is 3.44. The molecular formula is C12H20N6. The van der Waals surface area contributed by atoms with Gasteiger partial charge in [0, 0.05) is 26.7 Å². The van der Waals surface area contributed by atoms with E-state index in [4.69, 9.17) is 0 Å². The van der Waals surface area contributed by atoms with Gasteiger partial charge in [0.25, 0.3) is 0 Å². The standard InChI is InChI=1S/C12H20N6/c1-4-13-6-7-18(5-2)12-10-8-16-17(3)11(10)14-9-15-12/h8-9,13H,4-7H2,1-3H3. The van der Waals surface area contributed by atoms with Crippen LogP contribution in [0.15, 0.2) is 12.5 Å². The maximum Gasteiger partial charge on any atom is 0.163 e. The molecule has 2 aromatic heterocycles. The Morgan fingerprint density at radius 1 is 1.33 bits per heavy atom. The molecule has 0 saturated carbocycles. The average molecular weight is 248 g/mol. The van der Waals surface area contributed by atoms with E-state index in [1.54, 1.807) is 11.0 Å². The summed E-state index contributed by atoms with van der Waals surface area (Å²) in [5, 5.41) is 8.58. The minimum atomic E-state index is 0.877. The van der Waals surface area contributed by atoms with E-state index in [0.29, 0.717) is 0 Å². The molecule has 18 heavy (non-hydrogen) atoms. The maximum absolute atomic E-state index is 4.40. The van der Waals surface area contributed by atoms with Gasteiger partial charge in [-0.15, -0.1) is 0 Å². The Bertz CT molecular complexity index is 506. The van der Waals surface area contributed by atoms with Crippen LogP contribution < -0.4 is 10.2 Å². The number of likely N-dealkylation sites (N-methyl/N-ethyl adjacent to an activating group) is 2. The summed E-state index contributed by atoms with van der Waals surface area (Å²) in [6.45, 7) is 8.05. The molecule has 0 fully saturated rings. The van der Waals surface area contributed by atoms with Crippen LogP contribution in [-0.2, 0) is 7.05 Å². The smallest absolute Gasteiger partial charge is 0.163 e. The molecule has 2 aromatic rings. The van der Waals surface area contributed by atoms with E-state index in [9.17, 15) is 0 Å². The van der Waals surface area contributed by atoms with Gasteiger partial charge in [-0.05, 0) is 13.5 Å². The Labute approximate surface area is 107 Å². The second-order valence-electron chi connectivity index (χ2n) is 4.14. The highest BCUT2D eigenvalue weighted by atomic mass is 15.3. The minimum Gasteiger partial charge on any atom is -0.355 e. The van der Waals surface area contributed by atoms with Crippen LogP contribution in [0.3, 0.4) is 0 Å². The van der Waals surface area contributed by atoms with E-state index < -0.39 is 0 Å². The maximum atomic E-state index is 4.40. The highest BCUT2D eigenvalue weighted by Gasteiger charge is 2.12. The topological polar surface area (TPSA) is 58.9 Å². The molecule has 0 bridgehead atoms. The van der Waals surface area contributed by atoms with Gasteiger partial charge in [-0.2, -0.15) is 5.10 Å². The van der Waals surface area contributed by atoms with Gasteiger partial charge < -0.3 is 10.2 Å². The first-order valence-corrected chi connectivity index (χ1v) is 6.36. The lowest BCUT2D eigenvalue weighted by Gasteiger charge is -2.22. The number of fused-ring (bicyclic) bond motifs is 1. The normalized spacial score (nSPS) is 11.1. The lowest BCUT2D eigenvalue weighted by atomic mass is 10.3. The summed E-state index contributed by atoms with van der Waals surface area (Å²) in [7, 11) is 1.90. The van der Waals surface area contributed by atoms with E-state index in [-0.39, 0.29) is 0 Å². The number of nitrogens with one attached hydrogen (secondary N) is 1. The molecule has 0 radical (unpaired) electrons. The van der Waals surface area contributed by atoms with E-state index in [1.807, 2.05) is 13.2 Å². The SMILES string of the molecule is CCNCCN(CC)c1ncnc2c1cnn2C. The first-order chi connectivity index (χ1) is 8.77. The zero-order chi connectivity index (χ0) is 13.0. The van der Waals surface area contributed by atoms with Crippen LogP contribution in [0.1, 0.15) is 13.8 Å². The molecule has 0 aromatic carbocycles. The van der Waals surface area contributed by atoms with Crippen LogP contribution in [0.4, 0.5) is 5.82 Å². The zero-order valence-corrected chi connectivity index (χ0v) is 11.2. The van der Waals surface area contributed by atoms with E-state index in [0.717, 1.165) is 43.0 Å². The third-order valence-corrected chi connectivity index (χ3v) is 3.00. The molecule has 1 N–H and O–H groups in total. The highest BCUT2D eigenvalue weighted by molar-refractivity contribution is 5.86. The lowest BCUT2D eigenvalue weighted by molar-refractivity contribution is 0.685. The van der Waals surface area contributed by atoms with E-state index >= 15 is 0 Å². The quantitative estimate of drug-likeness (QED) is 0.766. The molecule has 0 amide bonds. The summed E-state index contributed by atoms with van der Waals surface area (Å²) in [5.74, 6) is 0.966. The van der Waals surface area contributed by atoms with Crippen LogP contribution in [-0.4, -0.2) is 45.9 Å². The van der Waals surface area contributed by atoms with Crippen molar-refractivity contribution in [2.75, 3.05) is 31.1 Å². The Morgan fingerprint density at radius 3 is 2.89 bits per heavy atom. The predicted molar refractivity (Wildman–Crippen MR) is 72.7 cm³/mol. The zero-order valence-electron chi connectivity index (χ0n) is 11.2. The largest absolute Gasteiger partial charge is 0.355 e. The van der Waals surface area contributed by atoms with Gasteiger partial charge in [0.2, 0.25) is 0 Å². The summed E-state index contributed by atoms with van der Waals surface area (Å²) >= 11 is 0. The van der Waals surface area contributed by atoms with Gasteiger partial charge in [0.15, 0.2) is 5.65 Å². The molecular weight excluding hydrogens is 228 g/mol. The molecule has 0 saturated heterocycles. The molecule has 2 rings (SSSR count). The minimum absolute atomic E-state index is 0.877. The van der Waals surface area contributed by atoms with Crippen molar-refractivity contribution in [3.63, 3.8) is 0 Å². The van der Waals surface area contributed by atoms with Gasteiger partial charge in [-0.3, -0.25) is 4.68 Å².